The number of aliphatic hydroxyl groups is 1. The lowest BCUT2D eigenvalue weighted by Crippen LogP contribution is -2.54. The number of rotatable bonds is 11. The lowest BCUT2D eigenvalue weighted by atomic mass is 10.1. The number of carbonyl (C=O) groups excluding carboxylic acids is 4. The molecule has 0 aliphatic rings. The molecule has 0 bridgehead atoms. The van der Waals surface area contributed by atoms with Crippen LogP contribution in [0.25, 0.3) is 0 Å². The molecule has 148 valence electrons. The predicted octanol–water partition coefficient (Wildman–Crippen LogP) is -3.85. The highest BCUT2D eigenvalue weighted by Gasteiger charge is 2.24. The quantitative estimate of drug-likeness (QED) is 0.189. The molecule has 4 atom stereocenters. The Morgan fingerprint density at radius 3 is 2.08 bits per heavy atom. The molecule has 4 unspecified atom stereocenters. The third-order valence-electron chi connectivity index (χ3n) is 3.31. The first-order valence-electron chi connectivity index (χ1n) is 7.77. The Labute approximate surface area is 149 Å². The lowest BCUT2D eigenvalue weighted by molar-refractivity contribution is -0.142. The van der Waals surface area contributed by atoms with Gasteiger partial charge in [-0.3, -0.25) is 19.2 Å². The van der Waals surface area contributed by atoms with Gasteiger partial charge in [-0.2, -0.15) is 0 Å². The summed E-state index contributed by atoms with van der Waals surface area (Å²) < 4.78 is 0. The fourth-order valence-corrected chi connectivity index (χ4v) is 1.70. The maximum atomic E-state index is 11.8. The van der Waals surface area contributed by atoms with Crippen LogP contribution in [0.1, 0.15) is 26.7 Å². The van der Waals surface area contributed by atoms with E-state index >= 15 is 0 Å². The smallest absolute Gasteiger partial charge is 0.326 e. The SMILES string of the molecule is CC(NC(=O)C(N)C(C)O)C(=O)NCC(=O)NC(CCC(N)=O)C(=O)O. The topological polar surface area (TPSA) is 214 Å². The normalized spacial score (nSPS) is 15.1. The molecule has 0 aromatic rings. The van der Waals surface area contributed by atoms with Crippen molar-refractivity contribution in [2.24, 2.45) is 11.5 Å². The van der Waals surface area contributed by atoms with Crippen molar-refractivity contribution in [1.82, 2.24) is 16.0 Å². The molecular weight excluding hydrogens is 350 g/mol. The number of carbonyl (C=O) groups is 5. The van der Waals surface area contributed by atoms with E-state index in [9.17, 15) is 29.1 Å². The van der Waals surface area contributed by atoms with Gasteiger partial charge in [0.25, 0.3) is 0 Å². The van der Waals surface area contributed by atoms with Crippen molar-refractivity contribution in [2.45, 2.75) is 50.9 Å². The number of carboxylic acid groups (broad SMARTS) is 1. The van der Waals surface area contributed by atoms with Crippen LogP contribution in [0.5, 0.6) is 0 Å². The van der Waals surface area contributed by atoms with E-state index < -0.39 is 60.4 Å². The molecule has 0 saturated carbocycles. The molecular formula is C14H25N5O7. The second kappa shape index (κ2) is 11.0. The standard InChI is InChI=1S/C14H25N5O7/c1-6(18-13(24)11(16)7(2)20)12(23)17-5-10(22)19-8(14(25)26)3-4-9(15)21/h6-8,11,20H,3-5,16H2,1-2H3,(H2,15,21)(H,17,23)(H,18,24)(H,19,22)(H,25,26). The summed E-state index contributed by atoms with van der Waals surface area (Å²) in [6, 6.07) is -3.58. The molecule has 0 spiro atoms. The lowest BCUT2D eigenvalue weighted by Gasteiger charge is -2.19. The largest absolute Gasteiger partial charge is 0.480 e. The molecule has 0 fully saturated rings. The average molecular weight is 375 g/mol. The molecule has 9 N–H and O–H groups in total. The average Bonchev–Trinajstić information content (AvgIpc) is 2.54. The number of nitrogens with one attached hydrogen (secondary N) is 3. The maximum Gasteiger partial charge on any atom is 0.326 e. The highest BCUT2D eigenvalue weighted by molar-refractivity contribution is 5.92. The minimum absolute atomic E-state index is 0.186. The Balaban J connectivity index is 4.42. The van der Waals surface area contributed by atoms with Gasteiger partial charge in [-0.25, -0.2) is 4.79 Å². The summed E-state index contributed by atoms with van der Waals surface area (Å²) >= 11 is 0. The van der Waals surface area contributed by atoms with Crippen LogP contribution in [0.15, 0.2) is 0 Å². The number of hydrogen-bond acceptors (Lipinski definition) is 7. The number of carboxylic acids is 1. The van der Waals surface area contributed by atoms with Crippen LogP contribution in [0, 0.1) is 0 Å². The van der Waals surface area contributed by atoms with Gasteiger partial charge in [-0.1, -0.05) is 0 Å². The van der Waals surface area contributed by atoms with Crippen LogP contribution in [-0.4, -0.2) is 70.6 Å². The molecule has 12 heteroatoms. The van der Waals surface area contributed by atoms with E-state index in [4.69, 9.17) is 16.6 Å². The van der Waals surface area contributed by atoms with Gasteiger partial charge < -0.3 is 37.6 Å². The predicted molar refractivity (Wildman–Crippen MR) is 88.3 cm³/mol. The summed E-state index contributed by atoms with van der Waals surface area (Å²) in [6.07, 6.45) is -1.52. The second-order valence-electron chi connectivity index (χ2n) is 5.68. The van der Waals surface area contributed by atoms with Crippen LogP contribution in [0.4, 0.5) is 0 Å². The number of aliphatic hydroxyl groups excluding tert-OH is 1. The first kappa shape index (κ1) is 23.3. The van der Waals surface area contributed by atoms with Gasteiger partial charge in [0, 0.05) is 6.42 Å². The minimum Gasteiger partial charge on any atom is -0.480 e. The third-order valence-corrected chi connectivity index (χ3v) is 3.31. The minimum atomic E-state index is -1.35. The molecule has 0 aliphatic carbocycles. The van der Waals surface area contributed by atoms with Gasteiger partial charge in [0.1, 0.15) is 18.1 Å². The number of hydrogen-bond donors (Lipinski definition) is 7. The van der Waals surface area contributed by atoms with Gasteiger partial charge >= 0.3 is 5.97 Å². The molecule has 26 heavy (non-hydrogen) atoms. The molecule has 0 aromatic carbocycles. The maximum absolute atomic E-state index is 11.8. The van der Waals surface area contributed by atoms with Gasteiger partial charge in [0.05, 0.1) is 12.6 Å². The molecule has 0 heterocycles. The Bertz CT molecular complexity index is 552. The van der Waals surface area contributed by atoms with Crippen LogP contribution in [0.2, 0.25) is 0 Å². The number of aliphatic carboxylic acids is 1. The van der Waals surface area contributed by atoms with E-state index in [0.717, 1.165) is 0 Å². The van der Waals surface area contributed by atoms with Gasteiger partial charge in [0.2, 0.25) is 23.6 Å². The number of primary amides is 1. The monoisotopic (exact) mass is 375 g/mol. The zero-order valence-corrected chi connectivity index (χ0v) is 14.5. The van der Waals surface area contributed by atoms with E-state index in [-0.39, 0.29) is 12.8 Å². The fraction of sp³-hybridized carbons (Fsp3) is 0.643. The Kier molecular flexibility index (Phi) is 9.84. The zero-order chi connectivity index (χ0) is 20.4. The Hall–Kier alpha value is -2.73. The molecule has 12 nitrogen and oxygen atoms in total. The Morgan fingerprint density at radius 1 is 1.04 bits per heavy atom. The van der Waals surface area contributed by atoms with Crippen LogP contribution < -0.4 is 27.4 Å². The van der Waals surface area contributed by atoms with Crippen molar-refractivity contribution in [3.05, 3.63) is 0 Å². The van der Waals surface area contributed by atoms with Crippen molar-refractivity contribution in [1.29, 1.82) is 0 Å². The summed E-state index contributed by atoms with van der Waals surface area (Å²) in [5.74, 6) is -4.31. The van der Waals surface area contributed by atoms with E-state index in [2.05, 4.69) is 16.0 Å². The van der Waals surface area contributed by atoms with Crippen LogP contribution in [-0.2, 0) is 24.0 Å². The summed E-state index contributed by atoms with van der Waals surface area (Å²) in [7, 11) is 0. The van der Waals surface area contributed by atoms with Crippen LogP contribution in [0.3, 0.4) is 0 Å². The van der Waals surface area contributed by atoms with E-state index in [1.165, 1.54) is 13.8 Å². The zero-order valence-electron chi connectivity index (χ0n) is 14.5. The second-order valence-corrected chi connectivity index (χ2v) is 5.68. The van der Waals surface area contributed by atoms with Crippen LogP contribution >= 0.6 is 0 Å². The molecule has 0 aliphatic heterocycles. The highest BCUT2D eigenvalue weighted by atomic mass is 16.4. The van der Waals surface area contributed by atoms with Crippen molar-refractivity contribution < 1.29 is 34.2 Å². The van der Waals surface area contributed by atoms with E-state index in [1.807, 2.05) is 0 Å². The van der Waals surface area contributed by atoms with Gasteiger partial charge in [-0.05, 0) is 20.3 Å². The van der Waals surface area contributed by atoms with Crippen molar-refractivity contribution in [3.63, 3.8) is 0 Å². The molecule has 0 rings (SSSR count). The summed E-state index contributed by atoms with van der Waals surface area (Å²) in [4.78, 5) is 56.8. The first-order chi connectivity index (χ1) is 12.0. The molecule has 0 saturated heterocycles. The first-order valence-corrected chi connectivity index (χ1v) is 7.77. The summed E-state index contributed by atoms with van der Waals surface area (Å²) in [5.41, 5.74) is 10.3. The molecule has 0 radical (unpaired) electrons. The summed E-state index contributed by atoms with van der Waals surface area (Å²) in [6.45, 7) is 2.12. The third kappa shape index (κ3) is 8.94. The molecule has 4 amide bonds. The van der Waals surface area contributed by atoms with E-state index in [1.54, 1.807) is 0 Å². The fourth-order valence-electron chi connectivity index (χ4n) is 1.70. The van der Waals surface area contributed by atoms with Crippen molar-refractivity contribution in [2.75, 3.05) is 6.54 Å². The Morgan fingerprint density at radius 2 is 1.62 bits per heavy atom. The van der Waals surface area contributed by atoms with Gasteiger partial charge in [0.15, 0.2) is 0 Å². The summed E-state index contributed by atoms with van der Waals surface area (Å²) in [5, 5.41) is 24.8. The number of nitrogens with two attached hydrogens (primary N) is 2. The highest BCUT2D eigenvalue weighted by Crippen LogP contribution is 1.97. The molecule has 0 aromatic heterocycles. The van der Waals surface area contributed by atoms with Crippen molar-refractivity contribution >= 4 is 29.6 Å². The van der Waals surface area contributed by atoms with E-state index in [0.29, 0.717) is 0 Å². The van der Waals surface area contributed by atoms with Crippen molar-refractivity contribution in [3.8, 4) is 0 Å². The number of amides is 4. The van der Waals surface area contributed by atoms with Gasteiger partial charge in [-0.15, -0.1) is 0 Å².